The molecule has 3 heterocycles. The molecule has 18 heavy (non-hydrogen) atoms. The van der Waals surface area contributed by atoms with Crippen LogP contribution in [0.25, 0.3) is 0 Å². The number of anilines is 1. The van der Waals surface area contributed by atoms with Crippen LogP contribution in [0.1, 0.15) is 25.7 Å². The summed E-state index contributed by atoms with van der Waals surface area (Å²) in [6.45, 7) is 2.48. The molecule has 1 aromatic rings. The van der Waals surface area contributed by atoms with Crippen molar-refractivity contribution in [1.82, 2.24) is 9.88 Å². The minimum Gasteiger partial charge on any atom is -0.365 e. The molecular weight excluding hydrogens is 314 g/mol. The number of hydrogen-bond acceptors (Lipinski definition) is 3. The number of fused-ring (bicyclic) bond motifs is 1. The molecule has 0 bridgehead atoms. The van der Waals surface area contributed by atoms with Gasteiger partial charge in [-0.2, -0.15) is 0 Å². The lowest BCUT2D eigenvalue weighted by molar-refractivity contribution is 0.192. The Morgan fingerprint density at radius 2 is 2.22 bits per heavy atom. The minimum absolute atomic E-state index is 0.523. The monoisotopic (exact) mass is 329 g/mol. The van der Waals surface area contributed by atoms with Crippen molar-refractivity contribution in [2.24, 2.45) is 0 Å². The van der Waals surface area contributed by atoms with E-state index in [0.717, 1.165) is 10.3 Å². The maximum Gasteiger partial charge on any atom is 0.140 e. The molecule has 2 aliphatic rings. The van der Waals surface area contributed by atoms with Gasteiger partial charge in [0.25, 0.3) is 0 Å². The van der Waals surface area contributed by atoms with Crippen molar-refractivity contribution in [3.05, 3.63) is 21.8 Å². The van der Waals surface area contributed by atoms with E-state index in [-0.39, 0.29) is 0 Å². The summed E-state index contributed by atoms with van der Waals surface area (Å²) in [5, 5.41) is 4.24. The van der Waals surface area contributed by atoms with Crippen LogP contribution in [0.3, 0.4) is 0 Å². The van der Waals surface area contributed by atoms with Gasteiger partial charge in [-0.05, 0) is 47.8 Å². The molecule has 98 valence electrons. The molecule has 0 amide bonds. The Labute approximate surface area is 121 Å². The van der Waals surface area contributed by atoms with Gasteiger partial charge in [0.05, 0.1) is 9.50 Å². The largest absolute Gasteiger partial charge is 0.365 e. The van der Waals surface area contributed by atoms with Crippen LogP contribution in [0.5, 0.6) is 0 Å². The second-order valence-electron chi connectivity index (χ2n) is 5.12. The Morgan fingerprint density at radius 3 is 3.06 bits per heavy atom. The van der Waals surface area contributed by atoms with Gasteiger partial charge in [-0.1, -0.05) is 18.0 Å². The first-order valence-electron chi connectivity index (χ1n) is 6.55. The van der Waals surface area contributed by atoms with Gasteiger partial charge in [-0.3, -0.25) is 4.90 Å². The number of halogens is 2. The molecule has 2 unspecified atom stereocenters. The van der Waals surface area contributed by atoms with E-state index >= 15 is 0 Å². The number of piperidine rings is 1. The molecule has 2 fully saturated rings. The molecule has 2 saturated heterocycles. The van der Waals surface area contributed by atoms with Crippen LogP contribution in [0.4, 0.5) is 5.82 Å². The summed E-state index contributed by atoms with van der Waals surface area (Å²) in [6, 6.07) is 3.10. The van der Waals surface area contributed by atoms with Crippen molar-refractivity contribution in [2.75, 3.05) is 18.4 Å². The van der Waals surface area contributed by atoms with Crippen LogP contribution in [0.15, 0.2) is 16.7 Å². The maximum atomic E-state index is 5.92. The predicted molar refractivity (Wildman–Crippen MR) is 78.2 cm³/mol. The fourth-order valence-corrected chi connectivity index (χ4v) is 3.87. The van der Waals surface area contributed by atoms with Crippen molar-refractivity contribution < 1.29 is 0 Å². The van der Waals surface area contributed by atoms with Gasteiger partial charge in [0.15, 0.2) is 0 Å². The average Bonchev–Trinajstić information content (AvgIpc) is 2.76. The van der Waals surface area contributed by atoms with E-state index in [1.165, 1.54) is 38.8 Å². The first-order chi connectivity index (χ1) is 8.74. The molecule has 2 aliphatic heterocycles. The predicted octanol–water partition coefficient (Wildman–Crippen LogP) is 3.54. The van der Waals surface area contributed by atoms with Crippen LogP contribution in [0.2, 0.25) is 5.02 Å². The van der Waals surface area contributed by atoms with Crippen LogP contribution < -0.4 is 5.32 Å². The fraction of sp³-hybridized carbons (Fsp3) is 0.615. The van der Waals surface area contributed by atoms with Gasteiger partial charge >= 0.3 is 0 Å². The first kappa shape index (κ1) is 12.7. The molecule has 0 saturated carbocycles. The first-order valence-corrected chi connectivity index (χ1v) is 7.73. The normalized spacial score (nSPS) is 28.1. The zero-order valence-corrected chi connectivity index (χ0v) is 12.5. The van der Waals surface area contributed by atoms with E-state index in [1.807, 2.05) is 6.07 Å². The quantitative estimate of drug-likeness (QED) is 0.899. The zero-order chi connectivity index (χ0) is 12.5. The van der Waals surface area contributed by atoms with Crippen LogP contribution in [0, 0.1) is 0 Å². The van der Waals surface area contributed by atoms with E-state index in [1.54, 1.807) is 6.20 Å². The zero-order valence-electron chi connectivity index (χ0n) is 10.2. The highest BCUT2D eigenvalue weighted by Gasteiger charge is 2.35. The molecule has 0 aliphatic carbocycles. The Bertz CT molecular complexity index is 440. The SMILES string of the molecule is Clc1cnc(NC2CCN3CCCCC23)c(Br)c1. The third-order valence-corrected chi connectivity index (χ3v) is 4.80. The van der Waals surface area contributed by atoms with E-state index in [4.69, 9.17) is 11.6 Å². The molecule has 3 rings (SSSR count). The van der Waals surface area contributed by atoms with Gasteiger partial charge in [-0.25, -0.2) is 4.98 Å². The van der Waals surface area contributed by atoms with Gasteiger partial charge in [0.1, 0.15) is 5.82 Å². The van der Waals surface area contributed by atoms with Crippen molar-refractivity contribution in [1.29, 1.82) is 0 Å². The third kappa shape index (κ3) is 2.51. The summed E-state index contributed by atoms with van der Waals surface area (Å²) in [4.78, 5) is 6.99. The molecule has 2 atom stereocenters. The second kappa shape index (κ2) is 5.35. The topological polar surface area (TPSA) is 28.2 Å². The fourth-order valence-electron chi connectivity index (χ4n) is 3.11. The van der Waals surface area contributed by atoms with Gasteiger partial charge in [0, 0.05) is 24.8 Å². The van der Waals surface area contributed by atoms with E-state index in [0.29, 0.717) is 17.1 Å². The summed E-state index contributed by atoms with van der Waals surface area (Å²) in [6.07, 6.45) is 6.92. The number of nitrogens with zero attached hydrogens (tertiary/aromatic N) is 2. The third-order valence-electron chi connectivity index (χ3n) is 3.99. The Balaban J connectivity index is 1.72. The smallest absolute Gasteiger partial charge is 0.140 e. The highest BCUT2D eigenvalue weighted by atomic mass is 79.9. The summed E-state index contributed by atoms with van der Waals surface area (Å²) in [7, 11) is 0. The number of nitrogens with one attached hydrogen (secondary N) is 1. The maximum absolute atomic E-state index is 5.92. The van der Waals surface area contributed by atoms with Gasteiger partial charge < -0.3 is 5.32 Å². The molecule has 3 nitrogen and oxygen atoms in total. The lowest BCUT2D eigenvalue weighted by Gasteiger charge is -2.32. The van der Waals surface area contributed by atoms with Gasteiger partial charge in [-0.15, -0.1) is 0 Å². The number of aromatic nitrogens is 1. The van der Waals surface area contributed by atoms with Crippen molar-refractivity contribution in [2.45, 2.75) is 37.8 Å². The Kier molecular flexibility index (Phi) is 3.78. The number of pyridine rings is 1. The number of rotatable bonds is 2. The lowest BCUT2D eigenvalue weighted by atomic mass is 9.99. The average molecular weight is 331 g/mol. The summed E-state index contributed by atoms with van der Waals surface area (Å²) < 4.78 is 0.948. The molecule has 1 aromatic heterocycles. The number of hydrogen-bond donors (Lipinski definition) is 1. The van der Waals surface area contributed by atoms with Crippen molar-refractivity contribution >= 4 is 33.3 Å². The summed E-state index contributed by atoms with van der Waals surface area (Å²) in [5.41, 5.74) is 0. The van der Waals surface area contributed by atoms with Crippen LogP contribution in [-0.2, 0) is 0 Å². The van der Waals surface area contributed by atoms with Crippen LogP contribution >= 0.6 is 27.5 Å². The standard InChI is InChI=1S/C13H17BrClN3/c14-10-7-9(15)8-16-13(10)17-11-4-6-18-5-2-1-3-12(11)18/h7-8,11-12H,1-6H2,(H,16,17). The summed E-state index contributed by atoms with van der Waals surface area (Å²) in [5.74, 6) is 0.914. The highest BCUT2D eigenvalue weighted by molar-refractivity contribution is 9.10. The Hall–Kier alpha value is -0.320. The second-order valence-corrected chi connectivity index (χ2v) is 6.41. The minimum atomic E-state index is 0.523. The van der Waals surface area contributed by atoms with Crippen LogP contribution in [-0.4, -0.2) is 35.1 Å². The molecule has 0 aromatic carbocycles. The molecule has 5 heteroatoms. The molecular formula is C13H17BrClN3. The molecule has 0 spiro atoms. The highest BCUT2D eigenvalue weighted by Crippen LogP contribution is 2.31. The van der Waals surface area contributed by atoms with E-state index in [9.17, 15) is 0 Å². The summed E-state index contributed by atoms with van der Waals surface area (Å²) >= 11 is 9.44. The van der Waals surface area contributed by atoms with Gasteiger partial charge in [0.2, 0.25) is 0 Å². The molecule has 0 radical (unpaired) electrons. The van der Waals surface area contributed by atoms with Crippen molar-refractivity contribution in [3.8, 4) is 0 Å². The lowest BCUT2D eigenvalue weighted by Crippen LogP contribution is -2.41. The molecule has 1 N–H and O–H groups in total. The van der Waals surface area contributed by atoms with Crippen molar-refractivity contribution in [3.63, 3.8) is 0 Å². The van der Waals surface area contributed by atoms with E-state index < -0.39 is 0 Å². The Morgan fingerprint density at radius 1 is 1.33 bits per heavy atom. The van der Waals surface area contributed by atoms with E-state index in [2.05, 4.69) is 31.1 Å².